The molecular formula is C20H16F3N3O4. The average Bonchev–Trinajstić information content (AvgIpc) is 3.42. The molecule has 2 saturated heterocycles. The Labute approximate surface area is 168 Å². The van der Waals surface area contributed by atoms with Gasteiger partial charge < -0.3 is 14.6 Å². The zero-order valence-corrected chi connectivity index (χ0v) is 15.6. The number of alkyl halides is 3. The lowest BCUT2D eigenvalue weighted by Crippen LogP contribution is -2.41. The van der Waals surface area contributed by atoms with Crippen molar-refractivity contribution in [1.29, 1.82) is 0 Å². The summed E-state index contributed by atoms with van der Waals surface area (Å²) in [5.74, 6) is -1.44. The first kappa shape index (κ1) is 18.9. The Bertz CT molecular complexity index is 1060. The molecule has 1 spiro atoms. The van der Waals surface area contributed by atoms with Gasteiger partial charge in [0.1, 0.15) is 11.4 Å². The third-order valence-electron chi connectivity index (χ3n) is 5.77. The van der Waals surface area contributed by atoms with Gasteiger partial charge >= 0.3 is 6.18 Å². The van der Waals surface area contributed by atoms with Gasteiger partial charge in [0.25, 0.3) is 0 Å². The van der Waals surface area contributed by atoms with E-state index in [1.54, 1.807) is 25.1 Å². The number of hydrogen-bond acceptors (Lipinski definition) is 5. The Morgan fingerprint density at radius 2 is 2.03 bits per heavy atom. The van der Waals surface area contributed by atoms with E-state index >= 15 is 0 Å². The molecule has 7 nitrogen and oxygen atoms in total. The van der Waals surface area contributed by atoms with Crippen LogP contribution in [0, 0.1) is 18.8 Å². The smallest absolute Gasteiger partial charge is 0.360 e. The number of aromatic nitrogens is 1. The summed E-state index contributed by atoms with van der Waals surface area (Å²) in [6, 6.07) is 5.78. The number of fused-ring (bicyclic) bond motifs is 1. The molecule has 3 aliphatic heterocycles. The summed E-state index contributed by atoms with van der Waals surface area (Å²) in [5, 5.41) is 6.49. The number of hydrogen-bond donors (Lipinski definition) is 1. The van der Waals surface area contributed by atoms with E-state index in [1.165, 1.54) is 17.0 Å². The monoisotopic (exact) mass is 419 g/mol. The Morgan fingerprint density at radius 1 is 1.30 bits per heavy atom. The van der Waals surface area contributed by atoms with Gasteiger partial charge in [-0.05, 0) is 31.2 Å². The van der Waals surface area contributed by atoms with Crippen molar-refractivity contribution in [3.8, 4) is 0 Å². The number of amides is 2. The van der Waals surface area contributed by atoms with Crippen molar-refractivity contribution >= 4 is 23.3 Å². The number of aryl methyl sites for hydroxylation is 1. The van der Waals surface area contributed by atoms with Crippen molar-refractivity contribution in [1.82, 2.24) is 5.16 Å². The topological polar surface area (TPSA) is 84.7 Å². The van der Waals surface area contributed by atoms with Crippen LogP contribution in [0.5, 0.6) is 0 Å². The number of nitrogens with one attached hydrogen (secondary N) is 1. The maximum Gasteiger partial charge on any atom is 0.416 e. The number of rotatable bonds is 3. The second kappa shape index (κ2) is 6.18. The van der Waals surface area contributed by atoms with E-state index in [-0.39, 0.29) is 18.1 Å². The minimum absolute atomic E-state index is 0.208. The van der Waals surface area contributed by atoms with E-state index in [4.69, 9.17) is 9.26 Å². The molecule has 5 rings (SSSR count). The Hall–Kier alpha value is -3.14. The van der Waals surface area contributed by atoms with E-state index in [0.717, 1.165) is 12.1 Å². The summed E-state index contributed by atoms with van der Waals surface area (Å²) in [4.78, 5) is 27.5. The van der Waals surface area contributed by atoms with Crippen molar-refractivity contribution in [3.63, 3.8) is 0 Å². The first-order valence-corrected chi connectivity index (χ1v) is 9.28. The molecule has 0 saturated carbocycles. The lowest BCUT2D eigenvalue weighted by atomic mass is 9.77. The largest absolute Gasteiger partial charge is 0.416 e. The lowest BCUT2D eigenvalue weighted by molar-refractivity contribution is -0.137. The lowest BCUT2D eigenvalue weighted by Gasteiger charge is -2.23. The molecule has 10 heteroatoms. The fourth-order valence-corrected chi connectivity index (χ4v) is 4.44. The standard InChI is InChI=1S/C20H16F3N3O4/c1-10-8-14(25-30-10)26-9-19-7-6-13(29-19)15(16(19)18(26)28)17(27)24-12-4-2-11(3-5-12)20(21,22)23/h2-8,13,15-16H,9H2,1H3,(H,24,27)/t13-,15+,16-,19+/m1/s1. The summed E-state index contributed by atoms with van der Waals surface area (Å²) < 4.78 is 49.3. The quantitative estimate of drug-likeness (QED) is 0.774. The molecule has 156 valence electrons. The number of carbonyl (C=O) groups excluding carboxylic acids is 2. The molecule has 0 unspecified atom stereocenters. The van der Waals surface area contributed by atoms with Gasteiger partial charge in [0.2, 0.25) is 11.8 Å². The van der Waals surface area contributed by atoms with E-state index in [9.17, 15) is 22.8 Å². The van der Waals surface area contributed by atoms with Gasteiger partial charge in [-0.1, -0.05) is 17.3 Å². The molecule has 30 heavy (non-hydrogen) atoms. The predicted octanol–water partition coefficient (Wildman–Crippen LogP) is 2.93. The summed E-state index contributed by atoms with van der Waals surface area (Å²) in [6.07, 6.45) is -1.49. The van der Waals surface area contributed by atoms with Crippen molar-refractivity contribution in [2.24, 2.45) is 11.8 Å². The van der Waals surface area contributed by atoms with Crippen LogP contribution in [0.1, 0.15) is 11.3 Å². The number of ether oxygens (including phenoxy) is 1. The van der Waals surface area contributed by atoms with E-state index in [0.29, 0.717) is 11.6 Å². The third kappa shape index (κ3) is 2.74. The van der Waals surface area contributed by atoms with Crippen LogP contribution in [0.3, 0.4) is 0 Å². The van der Waals surface area contributed by atoms with Crippen molar-refractivity contribution < 1.29 is 32.0 Å². The van der Waals surface area contributed by atoms with Crippen LogP contribution in [0.15, 0.2) is 47.0 Å². The van der Waals surface area contributed by atoms with E-state index in [2.05, 4.69) is 10.5 Å². The Kier molecular flexibility index (Phi) is 3.88. The molecule has 0 aliphatic carbocycles. The fraction of sp³-hybridized carbons (Fsp3) is 0.350. The van der Waals surface area contributed by atoms with Crippen LogP contribution < -0.4 is 10.2 Å². The highest BCUT2D eigenvalue weighted by Gasteiger charge is 2.67. The summed E-state index contributed by atoms with van der Waals surface area (Å²) in [5.41, 5.74) is -1.53. The number of carbonyl (C=O) groups is 2. The molecule has 2 amide bonds. The molecule has 1 N–H and O–H groups in total. The van der Waals surface area contributed by atoms with E-state index in [1.807, 2.05) is 0 Å². The highest BCUT2D eigenvalue weighted by atomic mass is 19.4. The van der Waals surface area contributed by atoms with Gasteiger partial charge in [-0.3, -0.25) is 14.5 Å². The SMILES string of the molecule is Cc1cc(N2C[C@]34C=C[C@@H](O3)[C@H](C(=O)Nc3ccc(C(F)(F)F)cc3)[C@@H]4C2=O)no1. The number of anilines is 2. The number of benzene rings is 1. The van der Waals surface area contributed by atoms with Crippen LogP contribution in [0.25, 0.3) is 0 Å². The molecule has 4 atom stereocenters. The van der Waals surface area contributed by atoms with Gasteiger partial charge in [0.05, 0.1) is 30.0 Å². The molecule has 2 bridgehead atoms. The minimum atomic E-state index is -4.46. The number of nitrogens with zero attached hydrogens (tertiary/aromatic N) is 2. The Morgan fingerprint density at radius 3 is 2.67 bits per heavy atom. The van der Waals surface area contributed by atoms with Crippen LogP contribution in [0.4, 0.5) is 24.7 Å². The molecule has 1 aromatic carbocycles. The number of halogens is 3. The first-order valence-electron chi connectivity index (χ1n) is 9.28. The van der Waals surface area contributed by atoms with Crippen LogP contribution in [0.2, 0.25) is 0 Å². The average molecular weight is 419 g/mol. The summed E-state index contributed by atoms with van der Waals surface area (Å²) in [7, 11) is 0. The molecule has 2 aromatic rings. The predicted molar refractivity (Wildman–Crippen MR) is 97.4 cm³/mol. The second-order valence-electron chi connectivity index (χ2n) is 7.68. The van der Waals surface area contributed by atoms with E-state index < -0.39 is 41.2 Å². The zero-order chi connectivity index (χ0) is 21.3. The van der Waals surface area contributed by atoms with Crippen molar-refractivity contribution in [3.05, 3.63) is 53.8 Å². The molecule has 2 fully saturated rings. The highest BCUT2D eigenvalue weighted by Crippen LogP contribution is 2.52. The maximum absolute atomic E-state index is 13.1. The molecule has 0 radical (unpaired) electrons. The van der Waals surface area contributed by atoms with Gasteiger partial charge in [0, 0.05) is 11.8 Å². The summed E-state index contributed by atoms with van der Waals surface area (Å²) >= 11 is 0. The second-order valence-corrected chi connectivity index (χ2v) is 7.68. The van der Waals surface area contributed by atoms with Gasteiger partial charge in [0.15, 0.2) is 5.82 Å². The van der Waals surface area contributed by atoms with Crippen LogP contribution >= 0.6 is 0 Å². The first-order chi connectivity index (χ1) is 14.2. The van der Waals surface area contributed by atoms with Gasteiger partial charge in [-0.2, -0.15) is 13.2 Å². The molecule has 3 aliphatic rings. The molecule has 4 heterocycles. The van der Waals surface area contributed by atoms with Gasteiger partial charge in [-0.15, -0.1) is 0 Å². The van der Waals surface area contributed by atoms with Crippen molar-refractivity contribution in [2.45, 2.75) is 24.8 Å². The summed E-state index contributed by atoms with van der Waals surface area (Å²) in [6.45, 7) is 1.91. The normalized spacial score (nSPS) is 29.5. The zero-order valence-electron chi connectivity index (χ0n) is 15.6. The highest BCUT2D eigenvalue weighted by molar-refractivity contribution is 6.05. The maximum atomic E-state index is 13.1. The third-order valence-corrected chi connectivity index (χ3v) is 5.77. The Balaban J connectivity index is 1.38. The van der Waals surface area contributed by atoms with Crippen molar-refractivity contribution in [2.75, 3.05) is 16.8 Å². The fourth-order valence-electron chi connectivity index (χ4n) is 4.44. The minimum Gasteiger partial charge on any atom is -0.360 e. The van der Waals surface area contributed by atoms with Gasteiger partial charge in [-0.25, -0.2) is 0 Å². The molecular weight excluding hydrogens is 403 g/mol. The molecule has 1 aromatic heterocycles. The van der Waals surface area contributed by atoms with Crippen LogP contribution in [-0.2, 0) is 20.5 Å². The van der Waals surface area contributed by atoms with Crippen LogP contribution in [-0.4, -0.2) is 35.2 Å².